The van der Waals surface area contributed by atoms with E-state index in [2.05, 4.69) is 15.3 Å². The van der Waals surface area contributed by atoms with Gasteiger partial charge in [0.15, 0.2) is 9.84 Å². The van der Waals surface area contributed by atoms with Gasteiger partial charge in [0.1, 0.15) is 0 Å². The van der Waals surface area contributed by atoms with Crippen LogP contribution in [0.5, 0.6) is 0 Å². The Bertz CT molecular complexity index is 944. The number of sulfone groups is 1. The van der Waals surface area contributed by atoms with Crippen LogP contribution in [-0.2, 0) is 21.1 Å². The maximum Gasteiger partial charge on any atom is 0.231 e. The van der Waals surface area contributed by atoms with Crippen molar-refractivity contribution >= 4 is 32.7 Å². The van der Waals surface area contributed by atoms with Crippen molar-refractivity contribution in [2.75, 3.05) is 11.6 Å². The maximum absolute atomic E-state index is 12.2. The Morgan fingerprint density at radius 1 is 1.13 bits per heavy atom. The molecule has 0 spiro atoms. The van der Waals surface area contributed by atoms with Gasteiger partial charge in [0, 0.05) is 6.26 Å². The quantitative estimate of drug-likeness (QED) is 0.767. The van der Waals surface area contributed by atoms with Crippen LogP contribution in [0.1, 0.15) is 5.56 Å². The first-order chi connectivity index (χ1) is 10.9. The van der Waals surface area contributed by atoms with Gasteiger partial charge < -0.3 is 4.98 Å². The van der Waals surface area contributed by atoms with E-state index in [1.165, 1.54) is 6.07 Å². The summed E-state index contributed by atoms with van der Waals surface area (Å²) in [4.78, 5) is 19.6. The van der Waals surface area contributed by atoms with Crippen molar-refractivity contribution in [2.45, 2.75) is 11.3 Å². The molecule has 0 saturated heterocycles. The highest BCUT2D eigenvalue weighted by Crippen LogP contribution is 2.17. The summed E-state index contributed by atoms with van der Waals surface area (Å²) in [7, 11) is -3.38. The van der Waals surface area contributed by atoms with Crippen LogP contribution in [0.3, 0.4) is 0 Å². The molecule has 3 rings (SSSR count). The van der Waals surface area contributed by atoms with E-state index >= 15 is 0 Å². The number of benzene rings is 2. The van der Waals surface area contributed by atoms with Gasteiger partial charge in [-0.2, -0.15) is 0 Å². The monoisotopic (exact) mass is 329 g/mol. The second-order valence-electron chi connectivity index (χ2n) is 5.21. The molecule has 7 heteroatoms. The highest BCUT2D eigenvalue weighted by molar-refractivity contribution is 7.90. The molecule has 2 aromatic carbocycles. The molecule has 1 aromatic heterocycles. The molecule has 0 aliphatic rings. The molecule has 1 heterocycles. The number of imidazole rings is 1. The summed E-state index contributed by atoms with van der Waals surface area (Å²) in [5.74, 6) is 0.00759. The van der Waals surface area contributed by atoms with Crippen molar-refractivity contribution in [1.82, 2.24) is 9.97 Å². The minimum Gasteiger partial charge on any atom is -0.324 e. The zero-order valence-electron chi connectivity index (χ0n) is 12.4. The van der Waals surface area contributed by atoms with Crippen molar-refractivity contribution in [3.8, 4) is 0 Å². The highest BCUT2D eigenvalue weighted by Gasteiger charge is 2.15. The van der Waals surface area contributed by atoms with E-state index in [9.17, 15) is 13.2 Å². The van der Waals surface area contributed by atoms with Crippen LogP contribution >= 0.6 is 0 Å². The van der Waals surface area contributed by atoms with E-state index in [4.69, 9.17) is 0 Å². The van der Waals surface area contributed by atoms with E-state index in [0.717, 1.165) is 17.3 Å². The SMILES string of the molecule is CS(=O)(=O)c1ccccc1CC(=O)Nc1nc2ccccc2[nH]1. The summed E-state index contributed by atoms with van der Waals surface area (Å²) in [5, 5.41) is 2.66. The number of hydrogen-bond acceptors (Lipinski definition) is 4. The molecule has 6 nitrogen and oxygen atoms in total. The predicted octanol–water partition coefficient (Wildman–Crippen LogP) is 2.15. The first kappa shape index (κ1) is 15.2. The zero-order valence-corrected chi connectivity index (χ0v) is 13.2. The molecule has 0 saturated carbocycles. The van der Waals surface area contributed by atoms with Crippen molar-refractivity contribution in [3.63, 3.8) is 0 Å². The molecule has 0 unspecified atom stereocenters. The molecule has 118 valence electrons. The highest BCUT2D eigenvalue weighted by atomic mass is 32.2. The molecule has 0 radical (unpaired) electrons. The van der Waals surface area contributed by atoms with Crippen LogP contribution in [0, 0.1) is 0 Å². The minimum absolute atomic E-state index is 0.0414. The minimum atomic E-state index is -3.38. The van der Waals surface area contributed by atoms with E-state index < -0.39 is 9.84 Å². The molecule has 1 amide bonds. The topological polar surface area (TPSA) is 91.9 Å². The zero-order chi connectivity index (χ0) is 16.4. The fourth-order valence-electron chi connectivity index (χ4n) is 2.37. The molecule has 23 heavy (non-hydrogen) atoms. The molecule has 0 atom stereocenters. The smallest absolute Gasteiger partial charge is 0.231 e. The number of aromatic amines is 1. The van der Waals surface area contributed by atoms with Crippen LogP contribution < -0.4 is 5.32 Å². The van der Waals surface area contributed by atoms with Gasteiger partial charge in [-0.3, -0.25) is 10.1 Å². The number of fused-ring (bicyclic) bond motifs is 1. The molecule has 3 aromatic rings. The van der Waals surface area contributed by atoms with Crippen molar-refractivity contribution in [3.05, 3.63) is 54.1 Å². The third-order valence-corrected chi connectivity index (χ3v) is 4.57. The number of H-pyrrole nitrogens is 1. The number of carbonyl (C=O) groups excluding carboxylic acids is 1. The maximum atomic E-state index is 12.2. The Morgan fingerprint density at radius 2 is 1.83 bits per heavy atom. The Morgan fingerprint density at radius 3 is 2.57 bits per heavy atom. The van der Waals surface area contributed by atoms with Gasteiger partial charge >= 0.3 is 0 Å². The first-order valence-electron chi connectivity index (χ1n) is 6.96. The molecular formula is C16H15N3O3S. The summed E-state index contributed by atoms with van der Waals surface area (Å²) < 4.78 is 23.5. The largest absolute Gasteiger partial charge is 0.324 e. The summed E-state index contributed by atoms with van der Waals surface area (Å²) in [6, 6.07) is 13.9. The van der Waals surface area contributed by atoms with Gasteiger partial charge in [0.05, 0.1) is 22.3 Å². The number of aromatic nitrogens is 2. The lowest BCUT2D eigenvalue weighted by atomic mass is 10.1. The van der Waals surface area contributed by atoms with Gasteiger partial charge in [0.2, 0.25) is 11.9 Å². The average molecular weight is 329 g/mol. The van der Waals surface area contributed by atoms with Gasteiger partial charge in [-0.05, 0) is 23.8 Å². The van der Waals surface area contributed by atoms with Crippen molar-refractivity contribution in [1.29, 1.82) is 0 Å². The summed E-state index contributed by atoms with van der Waals surface area (Å²) in [5.41, 5.74) is 2.03. The van der Waals surface area contributed by atoms with Crippen LogP contribution in [0.15, 0.2) is 53.4 Å². The summed E-state index contributed by atoms with van der Waals surface area (Å²) in [6.45, 7) is 0. The Labute approximate surface area is 133 Å². The number of para-hydroxylation sites is 2. The standard InChI is InChI=1S/C16H15N3O3S/c1-23(21,22)14-9-5-2-6-11(14)10-15(20)19-16-17-12-7-3-4-8-13(12)18-16/h2-9H,10H2,1H3,(H2,17,18,19,20). The lowest BCUT2D eigenvalue weighted by Crippen LogP contribution is -2.17. The molecule has 0 aliphatic carbocycles. The number of amides is 1. The van der Waals surface area contributed by atoms with Gasteiger partial charge in [-0.1, -0.05) is 30.3 Å². The Hall–Kier alpha value is -2.67. The van der Waals surface area contributed by atoms with E-state index in [1.807, 2.05) is 24.3 Å². The molecule has 0 bridgehead atoms. The number of carbonyl (C=O) groups is 1. The van der Waals surface area contributed by atoms with Crippen LogP contribution in [0.25, 0.3) is 11.0 Å². The van der Waals surface area contributed by atoms with Gasteiger partial charge in [0.25, 0.3) is 0 Å². The normalized spacial score (nSPS) is 11.5. The summed E-state index contributed by atoms with van der Waals surface area (Å²) in [6.07, 6.45) is 1.09. The molecule has 2 N–H and O–H groups in total. The number of hydrogen-bond donors (Lipinski definition) is 2. The predicted molar refractivity (Wildman–Crippen MR) is 88.0 cm³/mol. The second kappa shape index (κ2) is 5.85. The van der Waals surface area contributed by atoms with Crippen LogP contribution in [-0.4, -0.2) is 30.5 Å². The molecule has 0 fully saturated rings. The van der Waals surface area contributed by atoms with Gasteiger partial charge in [-0.25, -0.2) is 13.4 Å². The fraction of sp³-hybridized carbons (Fsp3) is 0.125. The number of nitrogens with one attached hydrogen (secondary N) is 2. The van der Waals surface area contributed by atoms with Crippen LogP contribution in [0.4, 0.5) is 5.95 Å². The Balaban J connectivity index is 1.80. The van der Waals surface area contributed by atoms with E-state index in [1.54, 1.807) is 18.2 Å². The Kier molecular flexibility index (Phi) is 3.87. The van der Waals surface area contributed by atoms with Crippen molar-refractivity contribution < 1.29 is 13.2 Å². The van der Waals surface area contributed by atoms with Gasteiger partial charge in [-0.15, -0.1) is 0 Å². The second-order valence-corrected chi connectivity index (χ2v) is 7.19. The molecular weight excluding hydrogens is 314 g/mol. The van der Waals surface area contributed by atoms with E-state index in [-0.39, 0.29) is 17.2 Å². The first-order valence-corrected chi connectivity index (χ1v) is 8.85. The number of rotatable bonds is 4. The molecule has 0 aliphatic heterocycles. The lowest BCUT2D eigenvalue weighted by molar-refractivity contribution is -0.115. The van der Waals surface area contributed by atoms with Crippen LogP contribution in [0.2, 0.25) is 0 Å². The number of anilines is 1. The lowest BCUT2D eigenvalue weighted by Gasteiger charge is -2.07. The average Bonchev–Trinajstić information content (AvgIpc) is 2.88. The number of nitrogens with zero attached hydrogens (tertiary/aromatic N) is 1. The van der Waals surface area contributed by atoms with E-state index in [0.29, 0.717) is 11.5 Å². The van der Waals surface area contributed by atoms with Crippen molar-refractivity contribution in [2.24, 2.45) is 0 Å². The third-order valence-electron chi connectivity index (χ3n) is 3.37. The fourth-order valence-corrected chi connectivity index (χ4v) is 3.32. The summed E-state index contributed by atoms with van der Waals surface area (Å²) >= 11 is 0. The third kappa shape index (κ3) is 3.40.